The summed E-state index contributed by atoms with van der Waals surface area (Å²) < 4.78 is 5.55. The predicted octanol–water partition coefficient (Wildman–Crippen LogP) is 5.19. The van der Waals surface area contributed by atoms with E-state index in [4.69, 9.17) is 14.7 Å². The molecular formula is C28H28N4O2. The van der Waals surface area contributed by atoms with E-state index in [1.165, 1.54) is 0 Å². The van der Waals surface area contributed by atoms with E-state index in [0.717, 1.165) is 58.2 Å². The Balaban J connectivity index is 1.58. The lowest BCUT2D eigenvalue weighted by atomic mass is 10.1. The van der Waals surface area contributed by atoms with Crippen molar-refractivity contribution in [3.63, 3.8) is 0 Å². The molecule has 34 heavy (non-hydrogen) atoms. The highest BCUT2D eigenvalue weighted by atomic mass is 16.5. The first-order valence-corrected chi connectivity index (χ1v) is 11.5. The first-order chi connectivity index (χ1) is 16.7. The second kappa shape index (κ2) is 10.0. The third-order valence-electron chi connectivity index (χ3n) is 6.00. The second-order valence-electron chi connectivity index (χ2n) is 8.41. The summed E-state index contributed by atoms with van der Waals surface area (Å²) in [6, 6.07) is 26.3. The minimum Gasteiger partial charge on any atom is -0.392 e. The van der Waals surface area contributed by atoms with E-state index in [2.05, 4.69) is 53.5 Å². The molecule has 0 saturated carbocycles. The first-order valence-electron chi connectivity index (χ1n) is 11.5. The van der Waals surface area contributed by atoms with Crippen molar-refractivity contribution >= 4 is 17.2 Å². The highest BCUT2D eigenvalue weighted by molar-refractivity contribution is 5.74. The van der Waals surface area contributed by atoms with Gasteiger partial charge in [-0.15, -0.1) is 0 Å². The molecule has 6 heteroatoms. The van der Waals surface area contributed by atoms with Crippen LogP contribution in [0.25, 0.3) is 22.6 Å². The molecule has 0 amide bonds. The standard InChI is InChI=1S/C28H28N4O2/c1-20-10-11-22(17-25(20)29-24-8-3-2-4-9-24)26-18-27(32-12-14-34-15-13-32)31-28(30-26)23-7-5-6-21(16-23)19-33/h2-11,16-18,29,33H,12-15,19H2,1H3. The SMILES string of the molecule is Cc1ccc(-c2cc(N3CCOCC3)nc(-c3cccc(CO)c3)n2)cc1Nc1ccccc1. The molecule has 0 unspecified atom stereocenters. The van der Waals surface area contributed by atoms with Crippen molar-refractivity contribution in [3.8, 4) is 22.6 Å². The smallest absolute Gasteiger partial charge is 0.162 e. The van der Waals surface area contributed by atoms with Crippen LogP contribution >= 0.6 is 0 Å². The number of aliphatic hydroxyl groups is 1. The van der Waals surface area contributed by atoms with Crippen molar-refractivity contribution in [1.82, 2.24) is 9.97 Å². The molecule has 0 aliphatic carbocycles. The number of aliphatic hydroxyl groups excluding tert-OH is 1. The second-order valence-corrected chi connectivity index (χ2v) is 8.41. The molecule has 1 aliphatic rings. The van der Waals surface area contributed by atoms with Gasteiger partial charge in [-0.05, 0) is 42.3 Å². The number of rotatable bonds is 6. The molecule has 5 rings (SSSR count). The Morgan fingerprint density at radius 2 is 1.71 bits per heavy atom. The van der Waals surface area contributed by atoms with Gasteiger partial charge in [0, 0.05) is 41.7 Å². The number of hydrogen-bond donors (Lipinski definition) is 2. The molecule has 0 spiro atoms. The number of morpholine rings is 1. The van der Waals surface area contributed by atoms with E-state index in [-0.39, 0.29) is 6.61 Å². The lowest BCUT2D eigenvalue weighted by Crippen LogP contribution is -2.36. The van der Waals surface area contributed by atoms with E-state index >= 15 is 0 Å². The molecule has 0 atom stereocenters. The van der Waals surface area contributed by atoms with Gasteiger partial charge in [0.05, 0.1) is 25.5 Å². The number of nitrogens with zero attached hydrogens (tertiary/aromatic N) is 3. The number of para-hydroxylation sites is 1. The largest absolute Gasteiger partial charge is 0.392 e. The Hall–Kier alpha value is -3.74. The number of ether oxygens (including phenoxy) is 1. The summed E-state index contributed by atoms with van der Waals surface area (Å²) in [5.41, 5.74) is 6.84. The predicted molar refractivity (Wildman–Crippen MR) is 136 cm³/mol. The summed E-state index contributed by atoms with van der Waals surface area (Å²) in [7, 11) is 0. The van der Waals surface area contributed by atoms with Gasteiger partial charge in [-0.3, -0.25) is 0 Å². The molecule has 0 radical (unpaired) electrons. The van der Waals surface area contributed by atoms with Crippen LogP contribution in [0.1, 0.15) is 11.1 Å². The zero-order valence-corrected chi connectivity index (χ0v) is 19.2. The molecule has 1 fully saturated rings. The van der Waals surface area contributed by atoms with Crippen LogP contribution in [0.3, 0.4) is 0 Å². The fourth-order valence-electron chi connectivity index (χ4n) is 4.07. The molecule has 4 aromatic rings. The van der Waals surface area contributed by atoms with Gasteiger partial charge in [0.25, 0.3) is 0 Å². The fourth-order valence-corrected chi connectivity index (χ4v) is 4.07. The minimum atomic E-state index is -0.0175. The fraction of sp³-hybridized carbons (Fsp3) is 0.214. The lowest BCUT2D eigenvalue weighted by molar-refractivity contribution is 0.122. The van der Waals surface area contributed by atoms with Gasteiger partial charge >= 0.3 is 0 Å². The molecule has 6 nitrogen and oxygen atoms in total. The molecule has 172 valence electrons. The van der Waals surface area contributed by atoms with Crippen LogP contribution in [-0.4, -0.2) is 41.4 Å². The number of anilines is 3. The zero-order chi connectivity index (χ0) is 23.3. The lowest BCUT2D eigenvalue weighted by Gasteiger charge is -2.28. The van der Waals surface area contributed by atoms with Gasteiger partial charge in [-0.25, -0.2) is 9.97 Å². The summed E-state index contributed by atoms with van der Waals surface area (Å²) in [6.45, 7) is 5.04. The monoisotopic (exact) mass is 452 g/mol. The summed E-state index contributed by atoms with van der Waals surface area (Å²) in [5.74, 6) is 1.53. The molecule has 2 heterocycles. The Morgan fingerprint density at radius 1 is 0.882 bits per heavy atom. The summed E-state index contributed by atoms with van der Waals surface area (Å²) in [4.78, 5) is 12.1. The maximum Gasteiger partial charge on any atom is 0.162 e. The average molecular weight is 453 g/mol. The van der Waals surface area contributed by atoms with Gasteiger partial charge < -0.3 is 20.1 Å². The first kappa shape index (κ1) is 22.1. The summed E-state index contributed by atoms with van der Waals surface area (Å²) in [6.07, 6.45) is 0. The maximum absolute atomic E-state index is 9.61. The van der Waals surface area contributed by atoms with E-state index in [0.29, 0.717) is 19.0 Å². The molecule has 1 aliphatic heterocycles. The highest BCUT2D eigenvalue weighted by Gasteiger charge is 2.17. The van der Waals surface area contributed by atoms with Gasteiger partial charge in [0.2, 0.25) is 0 Å². The third kappa shape index (κ3) is 4.93. The van der Waals surface area contributed by atoms with Crippen LogP contribution in [0.4, 0.5) is 17.2 Å². The van der Waals surface area contributed by atoms with Crippen molar-refractivity contribution in [3.05, 3.63) is 90.0 Å². The van der Waals surface area contributed by atoms with E-state index in [1.807, 2.05) is 42.5 Å². The molecular weight excluding hydrogens is 424 g/mol. The zero-order valence-electron chi connectivity index (χ0n) is 19.2. The van der Waals surface area contributed by atoms with E-state index < -0.39 is 0 Å². The van der Waals surface area contributed by atoms with Crippen molar-refractivity contribution in [2.24, 2.45) is 0 Å². The van der Waals surface area contributed by atoms with Gasteiger partial charge in [-0.2, -0.15) is 0 Å². The minimum absolute atomic E-state index is 0.0175. The van der Waals surface area contributed by atoms with Gasteiger partial charge in [0.15, 0.2) is 5.82 Å². The Labute approximate surface area is 199 Å². The maximum atomic E-state index is 9.61. The Bertz CT molecular complexity index is 1270. The molecule has 1 aromatic heterocycles. The Kier molecular flexibility index (Phi) is 6.51. The van der Waals surface area contributed by atoms with Crippen LogP contribution in [0, 0.1) is 6.92 Å². The van der Waals surface area contributed by atoms with Crippen molar-refractivity contribution < 1.29 is 9.84 Å². The summed E-state index contributed by atoms with van der Waals surface area (Å²) >= 11 is 0. The van der Waals surface area contributed by atoms with Crippen LogP contribution < -0.4 is 10.2 Å². The van der Waals surface area contributed by atoms with Crippen LogP contribution in [0.2, 0.25) is 0 Å². The number of nitrogens with one attached hydrogen (secondary N) is 1. The number of benzene rings is 3. The topological polar surface area (TPSA) is 70.5 Å². The van der Waals surface area contributed by atoms with E-state index in [9.17, 15) is 5.11 Å². The van der Waals surface area contributed by atoms with Crippen molar-refractivity contribution in [2.75, 3.05) is 36.5 Å². The van der Waals surface area contributed by atoms with Gasteiger partial charge in [0.1, 0.15) is 5.82 Å². The van der Waals surface area contributed by atoms with Gasteiger partial charge in [-0.1, -0.05) is 48.5 Å². The molecule has 0 bridgehead atoms. The number of hydrogen-bond acceptors (Lipinski definition) is 6. The van der Waals surface area contributed by atoms with Crippen LogP contribution in [0.5, 0.6) is 0 Å². The van der Waals surface area contributed by atoms with Crippen molar-refractivity contribution in [2.45, 2.75) is 13.5 Å². The molecule has 3 aromatic carbocycles. The third-order valence-corrected chi connectivity index (χ3v) is 6.00. The Morgan fingerprint density at radius 3 is 2.50 bits per heavy atom. The normalized spacial score (nSPS) is 13.6. The average Bonchev–Trinajstić information content (AvgIpc) is 2.91. The quantitative estimate of drug-likeness (QED) is 0.420. The van der Waals surface area contributed by atoms with Crippen molar-refractivity contribution in [1.29, 1.82) is 0 Å². The highest BCUT2D eigenvalue weighted by Crippen LogP contribution is 2.31. The molecule has 2 N–H and O–H groups in total. The molecule has 1 saturated heterocycles. The summed E-state index contributed by atoms with van der Waals surface area (Å²) in [5, 5.41) is 13.1. The number of aromatic nitrogens is 2. The van der Waals surface area contributed by atoms with Crippen LogP contribution in [-0.2, 0) is 11.3 Å². The van der Waals surface area contributed by atoms with E-state index in [1.54, 1.807) is 0 Å². The van der Waals surface area contributed by atoms with Crippen LogP contribution in [0.15, 0.2) is 78.9 Å². The number of aryl methyl sites for hydroxylation is 1.